The van der Waals surface area contributed by atoms with Crippen LogP contribution in [0.1, 0.15) is 28.4 Å². The molecule has 10 heteroatoms. The topological polar surface area (TPSA) is 92.6 Å². The van der Waals surface area contributed by atoms with Crippen molar-refractivity contribution in [2.24, 2.45) is 0 Å². The second-order valence-corrected chi connectivity index (χ2v) is 6.23. The maximum Gasteiger partial charge on any atom is 0.471 e. The monoisotopic (exact) mass is 409 g/mol. The van der Waals surface area contributed by atoms with Crippen LogP contribution >= 0.6 is 0 Å². The Labute approximate surface area is 164 Å². The van der Waals surface area contributed by atoms with E-state index in [2.05, 4.69) is 5.32 Å². The molecule has 29 heavy (non-hydrogen) atoms. The molecule has 2 aromatic carbocycles. The van der Waals surface area contributed by atoms with Gasteiger partial charge < -0.3 is 10.2 Å². The van der Waals surface area contributed by atoms with E-state index in [1.807, 2.05) is 0 Å². The van der Waals surface area contributed by atoms with Crippen molar-refractivity contribution in [3.05, 3.63) is 69.3 Å². The largest absolute Gasteiger partial charge is 0.471 e. The van der Waals surface area contributed by atoms with Gasteiger partial charge in [-0.25, -0.2) is 0 Å². The summed E-state index contributed by atoms with van der Waals surface area (Å²) in [5, 5.41) is 13.4. The number of non-ortho nitro benzene ring substituents is 1. The van der Waals surface area contributed by atoms with Crippen molar-refractivity contribution in [1.29, 1.82) is 0 Å². The summed E-state index contributed by atoms with van der Waals surface area (Å²) >= 11 is 0. The Bertz CT molecular complexity index is 945. The van der Waals surface area contributed by atoms with Crippen molar-refractivity contribution < 1.29 is 27.7 Å². The van der Waals surface area contributed by atoms with Gasteiger partial charge in [0.25, 0.3) is 11.6 Å². The molecule has 0 aliphatic rings. The summed E-state index contributed by atoms with van der Waals surface area (Å²) in [6, 6.07) is 9.90. The number of hydrogen-bond donors (Lipinski definition) is 1. The van der Waals surface area contributed by atoms with Gasteiger partial charge in [-0.15, -0.1) is 0 Å². The number of nitro benzene ring substituents is 1. The Morgan fingerprint density at radius 1 is 1.17 bits per heavy atom. The van der Waals surface area contributed by atoms with E-state index in [0.29, 0.717) is 21.7 Å². The van der Waals surface area contributed by atoms with Crippen LogP contribution in [-0.4, -0.2) is 34.4 Å². The Balaban J connectivity index is 2.16. The molecule has 0 saturated carbocycles. The van der Waals surface area contributed by atoms with E-state index in [-0.39, 0.29) is 24.3 Å². The molecule has 0 unspecified atom stereocenters. The normalized spacial score (nSPS) is 11.1. The lowest BCUT2D eigenvalue weighted by atomic mass is 10.1. The van der Waals surface area contributed by atoms with Crippen LogP contribution in [0, 0.1) is 17.0 Å². The summed E-state index contributed by atoms with van der Waals surface area (Å²) in [6.45, 7) is 2.60. The molecular weight excluding hydrogens is 391 g/mol. The third-order valence-electron chi connectivity index (χ3n) is 4.14. The Hall–Kier alpha value is -3.43. The van der Waals surface area contributed by atoms with Gasteiger partial charge in [-0.1, -0.05) is 12.1 Å². The predicted octanol–water partition coefficient (Wildman–Crippen LogP) is 4.07. The van der Waals surface area contributed by atoms with Crippen molar-refractivity contribution in [2.45, 2.75) is 26.6 Å². The first-order valence-electron chi connectivity index (χ1n) is 8.54. The van der Waals surface area contributed by atoms with Gasteiger partial charge in [-0.2, -0.15) is 13.2 Å². The second kappa shape index (κ2) is 8.72. The Morgan fingerprint density at radius 3 is 2.41 bits per heavy atom. The minimum atomic E-state index is -4.96. The lowest BCUT2D eigenvalue weighted by Gasteiger charge is -2.22. The number of carbonyl (C=O) groups excluding carboxylic acids is 2. The molecular formula is C19H18F3N3O4. The molecule has 2 amide bonds. The minimum Gasteiger partial charge on any atom is -0.331 e. The van der Waals surface area contributed by atoms with Crippen LogP contribution in [0.15, 0.2) is 42.5 Å². The van der Waals surface area contributed by atoms with E-state index < -0.39 is 22.9 Å². The zero-order valence-corrected chi connectivity index (χ0v) is 15.6. The number of nitrogens with one attached hydrogen (secondary N) is 1. The van der Waals surface area contributed by atoms with Crippen molar-refractivity contribution in [2.75, 3.05) is 11.9 Å². The summed E-state index contributed by atoms with van der Waals surface area (Å²) in [6.07, 6.45) is -4.96. The van der Waals surface area contributed by atoms with E-state index in [1.54, 1.807) is 25.1 Å². The molecule has 0 aliphatic carbocycles. The summed E-state index contributed by atoms with van der Waals surface area (Å²) < 4.78 is 38.0. The molecule has 0 fully saturated rings. The maximum atomic E-state index is 12.7. The van der Waals surface area contributed by atoms with E-state index in [0.717, 1.165) is 0 Å². The average molecular weight is 409 g/mol. The minimum absolute atomic E-state index is 0.128. The molecule has 2 rings (SSSR count). The number of hydrogen-bond acceptors (Lipinski definition) is 4. The van der Waals surface area contributed by atoms with Gasteiger partial charge in [0.15, 0.2) is 0 Å². The SMILES string of the molecule is CCN(Cc1cccc(NC(=O)c2ccc([N+](=O)[O-])cc2C)c1)C(=O)C(F)(F)F. The zero-order chi connectivity index (χ0) is 21.8. The number of benzene rings is 2. The van der Waals surface area contributed by atoms with E-state index >= 15 is 0 Å². The first kappa shape index (κ1) is 21.9. The summed E-state index contributed by atoms with van der Waals surface area (Å²) in [5.74, 6) is -2.45. The van der Waals surface area contributed by atoms with Crippen LogP contribution in [0.25, 0.3) is 0 Å². The number of rotatable bonds is 6. The van der Waals surface area contributed by atoms with Crippen LogP contribution in [0.2, 0.25) is 0 Å². The van der Waals surface area contributed by atoms with Crippen LogP contribution in [0.4, 0.5) is 24.5 Å². The number of anilines is 1. The highest BCUT2D eigenvalue weighted by atomic mass is 19.4. The fourth-order valence-corrected chi connectivity index (χ4v) is 2.69. The third-order valence-corrected chi connectivity index (χ3v) is 4.14. The average Bonchev–Trinajstić information content (AvgIpc) is 2.64. The van der Waals surface area contributed by atoms with Gasteiger partial charge in [0.2, 0.25) is 0 Å². The summed E-state index contributed by atoms with van der Waals surface area (Å²) in [4.78, 5) is 34.8. The number of carbonyl (C=O) groups is 2. The quantitative estimate of drug-likeness (QED) is 0.575. The second-order valence-electron chi connectivity index (χ2n) is 6.23. The Kier molecular flexibility index (Phi) is 6.57. The molecule has 2 aromatic rings. The third kappa shape index (κ3) is 5.53. The number of nitro groups is 1. The molecule has 0 aromatic heterocycles. The van der Waals surface area contributed by atoms with E-state index in [1.165, 1.54) is 31.2 Å². The smallest absolute Gasteiger partial charge is 0.331 e. The number of amides is 2. The molecule has 0 bridgehead atoms. The molecule has 0 saturated heterocycles. The van der Waals surface area contributed by atoms with Crippen molar-refractivity contribution >= 4 is 23.2 Å². The van der Waals surface area contributed by atoms with E-state index in [9.17, 15) is 32.9 Å². The number of alkyl halides is 3. The Morgan fingerprint density at radius 2 is 1.86 bits per heavy atom. The van der Waals surface area contributed by atoms with Crippen LogP contribution in [0.5, 0.6) is 0 Å². The fraction of sp³-hybridized carbons (Fsp3) is 0.263. The highest BCUT2D eigenvalue weighted by Gasteiger charge is 2.41. The van der Waals surface area contributed by atoms with Gasteiger partial charge in [-0.05, 0) is 43.2 Å². The lowest BCUT2D eigenvalue weighted by Crippen LogP contribution is -2.40. The number of halogens is 3. The number of aryl methyl sites for hydroxylation is 1. The molecule has 0 spiro atoms. The van der Waals surface area contributed by atoms with Crippen LogP contribution in [-0.2, 0) is 11.3 Å². The molecule has 0 atom stereocenters. The highest BCUT2D eigenvalue weighted by molar-refractivity contribution is 6.05. The van der Waals surface area contributed by atoms with Gasteiger partial charge in [0.1, 0.15) is 0 Å². The standard InChI is InChI=1S/C19H18F3N3O4/c1-3-24(18(27)19(20,21)22)11-13-5-4-6-14(10-13)23-17(26)16-8-7-15(25(28)29)9-12(16)2/h4-10H,3,11H2,1-2H3,(H,23,26). The predicted molar refractivity (Wildman–Crippen MR) is 99.4 cm³/mol. The van der Waals surface area contributed by atoms with Crippen LogP contribution in [0.3, 0.4) is 0 Å². The number of nitrogens with zero attached hydrogens (tertiary/aromatic N) is 2. The van der Waals surface area contributed by atoms with Gasteiger partial charge in [0, 0.05) is 36.5 Å². The summed E-state index contributed by atoms with van der Waals surface area (Å²) in [5.41, 5.74) is 1.21. The lowest BCUT2D eigenvalue weighted by molar-refractivity contribution is -0.384. The molecule has 7 nitrogen and oxygen atoms in total. The molecule has 154 valence electrons. The first-order chi connectivity index (χ1) is 13.5. The van der Waals surface area contributed by atoms with Crippen molar-refractivity contribution in [3.63, 3.8) is 0 Å². The maximum absolute atomic E-state index is 12.7. The van der Waals surface area contributed by atoms with Gasteiger partial charge in [-0.3, -0.25) is 19.7 Å². The molecule has 0 radical (unpaired) electrons. The molecule has 0 aliphatic heterocycles. The fourth-order valence-electron chi connectivity index (χ4n) is 2.69. The first-order valence-corrected chi connectivity index (χ1v) is 8.54. The van der Waals surface area contributed by atoms with E-state index in [4.69, 9.17) is 0 Å². The van der Waals surface area contributed by atoms with Gasteiger partial charge in [0.05, 0.1) is 4.92 Å². The molecule has 0 heterocycles. The molecule has 1 N–H and O–H groups in total. The highest BCUT2D eigenvalue weighted by Crippen LogP contribution is 2.22. The van der Waals surface area contributed by atoms with Crippen molar-refractivity contribution in [3.8, 4) is 0 Å². The zero-order valence-electron chi connectivity index (χ0n) is 15.6. The van der Waals surface area contributed by atoms with Crippen LogP contribution < -0.4 is 5.32 Å². The van der Waals surface area contributed by atoms with Gasteiger partial charge >= 0.3 is 12.1 Å². The van der Waals surface area contributed by atoms with Crippen molar-refractivity contribution in [1.82, 2.24) is 4.90 Å². The summed E-state index contributed by atoms with van der Waals surface area (Å²) in [7, 11) is 0.